The molecule has 0 amide bonds. The molecule has 0 saturated carbocycles. The predicted octanol–water partition coefficient (Wildman–Crippen LogP) is -0.352. The molecule has 1 fully saturated rings. The van der Waals surface area contributed by atoms with Gasteiger partial charge in [0.1, 0.15) is 12.7 Å². The van der Waals surface area contributed by atoms with Crippen molar-refractivity contribution in [3.63, 3.8) is 0 Å². The van der Waals surface area contributed by atoms with Crippen molar-refractivity contribution < 1.29 is 89.1 Å². The van der Waals surface area contributed by atoms with Crippen LogP contribution in [0, 0.1) is 0 Å². The van der Waals surface area contributed by atoms with Gasteiger partial charge in [-0.2, -0.15) is 0 Å². The Bertz CT molecular complexity index is 1810. The van der Waals surface area contributed by atoms with Gasteiger partial charge >= 0.3 is 17.9 Å². The van der Waals surface area contributed by atoms with Crippen molar-refractivity contribution in [2.75, 3.05) is 26.4 Å². The second-order valence-electron chi connectivity index (χ2n) is 11.8. The second-order valence-corrected chi connectivity index (χ2v) is 11.8. The Balaban J connectivity index is 1.67. The molecule has 286 valence electrons. The fourth-order valence-electron chi connectivity index (χ4n) is 5.14. The molecular formula is C35H38O18. The molecule has 0 spiro atoms. The zero-order chi connectivity index (χ0) is 38.9. The summed E-state index contributed by atoms with van der Waals surface area (Å²) in [7, 11) is 0. The number of phenolic OH excluding ortho intramolecular Hbond substituents is 6. The zero-order valence-corrected chi connectivity index (χ0v) is 27.8. The number of carbonyl (C=O) groups is 3. The summed E-state index contributed by atoms with van der Waals surface area (Å²) in [4.78, 5) is 39.4. The lowest BCUT2D eigenvalue weighted by Gasteiger charge is -2.47. The molecule has 53 heavy (non-hydrogen) atoms. The van der Waals surface area contributed by atoms with Crippen molar-refractivity contribution in [2.24, 2.45) is 0 Å². The predicted molar refractivity (Wildman–Crippen MR) is 175 cm³/mol. The first kappa shape index (κ1) is 40.1. The van der Waals surface area contributed by atoms with Gasteiger partial charge in [-0.3, -0.25) is 14.4 Å². The zero-order valence-electron chi connectivity index (χ0n) is 27.8. The van der Waals surface area contributed by atoms with E-state index in [9.17, 15) is 65.4 Å². The third-order valence-electron chi connectivity index (χ3n) is 7.86. The summed E-state index contributed by atoms with van der Waals surface area (Å²) < 4.78 is 27.5. The van der Waals surface area contributed by atoms with Crippen molar-refractivity contribution >= 4 is 17.9 Å². The molecule has 1 aliphatic rings. The van der Waals surface area contributed by atoms with Gasteiger partial charge in [-0.05, 0) is 58.7 Å². The summed E-state index contributed by atoms with van der Waals surface area (Å²) in [6.45, 7) is -2.47. The van der Waals surface area contributed by atoms with E-state index in [1.165, 1.54) is 24.3 Å². The summed E-state index contributed by atoms with van der Waals surface area (Å²) in [5.74, 6) is -9.68. The number of ether oxygens (including phenoxy) is 5. The lowest BCUT2D eigenvalue weighted by molar-refractivity contribution is -0.388. The molecule has 0 aromatic heterocycles. The third-order valence-corrected chi connectivity index (χ3v) is 7.86. The molecule has 10 N–H and O–H groups in total. The van der Waals surface area contributed by atoms with Crippen LogP contribution in [0.1, 0.15) is 16.7 Å². The van der Waals surface area contributed by atoms with E-state index < -0.39 is 128 Å². The minimum absolute atomic E-state index is 0.0800. The fourth-order valence-corrected chi connectivity index (χ4v) is 5.14. The molecule has 18 nitrogen and oxygen atoms in total. The summed E-state index contributed by atoms with van der Waals surface area (Å²) in [6, 6.07) is 10.3. The van der Waals surface area contributed by atoms with Gasteiger partial charge in [-0.25, -0.2) is 0 Å². The van der Waals surface area contributed by atoms with Crippen molar-refractivity contribution in [3.05, 3.63) is 82.9 Å². The molecule has 3 aromatic carbocycles. The van der Waals surface area contributed by atoms with Crippen LogP contribution in [-0.2, 0) is 57.3 Å². The monoisotopic (exact) mass is 746 g/mol. The molecular weight excluding hydrogens is 708 g/mol. The molecule has 1 aliphatic heterocycles. The smallest absolute Gasteiger partial charge is 0.313 e. The Hall–Kier alpha value is -5.63. The SMILES string of the molecule is O=C(Cc1ccc(O)c(O)c1)OCC1OC(OCC(=CCO)CO)C(O)C(O)(OC(=O)Cc2ccc(O)c(O)c2)C1OC(=O)Cc1ccc(O)c(O)c1. The summed E-state index contributed by atoms with van der Waals surface area (Å²) in [5, 5.41) is 101. The van der Waals surface area contributed by atoms with E-state index >= 15 is 0 Å². The van der Waals surface area contributed by atoms with Gasteiger partial charge in [0.25, 0.3) is 5.79 Å². The maximum atomic E-state index is 13.3. The van der Waals surface area contributed by atoms with Crippen LogP contribution in [0.4, 0.5) is 0 Å². The van der Waals surface area contributed by atoms with Crippen LogP contribution in [-0.4, -0.2) is 126 Å². The highest BCUT2D eigenvalue weighted by Crippen LogP contribution is 2.36. The van der Waals surface area contributed by atoms with Crippen molar-refractivity contribution in [1.29, 1.82) is 0 Å². The summed E-state index contributed by atoms with van der Waals surface area (Å²) >= 11 is 0. The number of aliphatic hydroxyl groups excluding tert-OH is 3. The van der Waals surface area contributed by atoms with Crippen molar-refractivity contribution in [3.8, 4) is 34.5 Å². The number of hydrogen-bond acceptors (Lipinski definition) is 18. The highest BCUT2D eigenvalue weighted by molar-refractivity contribution is 5.75. The van der Waals surface area contributed by atoms with Gasteiger partial charge < -0.3 is 74.7 Å². The van der Waals surface area contributed by atoms with E-state index in [1.807, 2.05) is 0 Å². The van der Waals surface area contributed by atoms with E-state index in [0.29, 0.717) is 0 Å². The van der Waals surface area contributed by atoms with Crippen LogP contribution in [0.3, 0.4) is 0 Å². The first-order valence-electron chi connectivity index (χ1n) is 15.8. The molecule has 5 atom stereocenters. The Morgan fingerprint density at radius 2 is 1.21 bits per heavy atom. The number of benzene rings is 3. The fraction of sp³-hybridized carbons (Fsp3) is 0.343. The van der Waals surface area contributed by atoms with Crippen LogP contribution in [0.15, 0.2) is 66.2 Å². The van der Waals surface area contributed by atoms with E-state index in [1.54, 1.807) is 0 Å². The van der Waals surface area contributed by atoms with Gasteiger partial charge in [0.15, 0.2) is 53.0 Å². The first-order chi connectivity index (χ1) is 25.1. The minimum atomic E-state index is -3.23. The van der Waals surface area contributed by atoms with E-state index in [0.717, 1.165) is 36.4 Å². The number of esters is 3. The largest absolute Gasteiger partial charge is 0.504 e. The topological polar surface area (TPSA) is 300 Å². The maximum absolute atomic E-state index is 13.3. The lowest BCUT2D eigenvalue weighted by atomic mass is 9.94. The number of rotatable bonds is 15. The van der Waals surface area contributed by atoms with E-state index in [2.05, 4.69) is 0 Å². The average Bonchev–Trinajstić information content (AvgIpc) is 3.10. The van der Waals surface area contributed by atoms with Crippen LogP contribution in [0.5, 0.6) is 34.5 Å². The van der Waals surface area contributed by atoms with E-state index in [-0.39, 0.29) is 22.3 Å². The van der Waals surface area contributed by atoms with Gasteiger partial charge in [-0.15, -0.1) is 0 Å². The lowest BCUT2D eigenvalue weighted by Crippen LogP contribution is -2.70. The molecule has 18 heteroatoms. The molecule has 3 aromatic rings. The number of hydrogen-bond donors (Lipinski definition) is 10. The molecule has 1 saturated heterocycles. The van der Waals surface area contributed by atoms with Gasteiger partial charge in [0, 0.05) is 0 Å². The summed E-state index contributed by atoms with van der Waals surface area (Å²) in [6.07, 6.45) is -8.83. The standard InChI is InChI=1S/C35H38O18/c36-8-7-21(15-37)16-50-34-32(47)35(48,53-31(46)14-20-3-6-24(40)27(43)11-20)33(52-30(45)13-19-2-5-23(39)26(42)10-19)28(51-34)17-49-29(44)12-18-1-4-22(38)25(41)9-18/h1-7,9-11,28,32-34,36-43,47-48H,8,12-17H2. The quantitative estimate of drug-likeness (QED) is 0.0312. The number of aliphatic hydroxyl groups is 4. The Kier molecular flexibility index (Phi) is 13.4. The number of aromatic hydroxyl groups is 6. The minimum Gasteiger partial charge on any atom is -0.504 e. The Labute approximate surface area is 300 Å². The summed E-state index contributed by atoms with van der Waals surface area (Å²) in [5.41, 5.74) is 0.506. The van der Waals surface area contributed by atoms with Gasteiger partial charge in [-0.1, -0.05) is 24.3 Å². The normalized spacial score (nSPS) is 21.5. The molecule has 4 rings (SSSR count). The van der Waals surface area contributed by atoms with Crippen molar-refractivity contribution in [1.82, 2.24) is 0 Å². The van der Waals surface area contributed by atoms with Crippen LogP contribution in [0.25, 0.3) is 0 Å². The van der Waals surface area contributed by atoms with Crippen LogP contribution >= 0.6 is 0 Å². The van der Waals surface area contributed by atoms with Gasteiger partial charge in [0.05, 0.1) is 39.1 Å². The molecule has 1 heterocycles. The highest BCUT2D eigenvalue weighted by Gasteiger charge is 2.61. The Morgan fingerprint density at radius 1 is 0.717 bits per heavy atom. The third kappa shape index (κ3) is 10.5. The molecule has 0 radical (unpaired) electrons. The highest BCUT2D eigenvalue weighted by atomic mass is 16.7. The average molecular weight is 747 g/mol. The van der Waals surface area contributed by atoms with Crippen LogP contribution < -0.4 is 0 Å². The second kappa shape index (κ2) is 17.7. The Morgan fingerprint density at radius 3 is 1.68 bits per heavy atom. The van der Waals surface area contributed by atoms with Gasteiger partial charge in [0.2, 0.25) is 0 Å². The maximum Gasteiger partial charge on any atom is 0.313 e. The number of phenols is 6. The molecule has 0 bridgehead atoms. The molecule has 5 unspecified atom stereocenters. The van der Waals surface area contributed by atoms with Crippen LogP contribution in [0.2, 0.25) is 0 Å². The first-order valence-corrected chi connectivity index (χ1v) is 15.8. The number of carbonyl (C=O) groups excluding carboxylic acids is 3. The van der Waals surface area contributed by atoms with Crippen molar-refractivity contribution in [2.45, 2.75) is 49.7 Å². The van der Waals surface area contributed by atoms with E-state index in [4.69, 9.17) is 23.7 Å². The molecule has 0 aliphatic carbocycles.